The van der Waals surface area contributed by atoms with E-state index in [4.69, 9.17) is 9.97 Å². The van der Waals surface area contributed by atoms with Gasteiger partial charge in [-0.05, 0) is 142 Å². The van der Waals surface area contributed by atoms with Gasteiger partial charge < -0.3 is 0 Å². The quantitative estimate of drug-likeness (QED) is 0.194. The topological polar surface area (TPSA) is 51.6 Å². The maximum atomic E-state index is 4.90. The number of hydrogen-bond donors (Lipinski definition) is 0. The molecule has 0 saturated heterocycles. The Labute approximate surface area is 272 Å². The molecule has 1 unspecified atom stereocenters. The standard InChI is InChI=1S/C42H42N4/c1-41(2)33-21-35(41)31-23-45-39(37-9-5-7-15-43-37)19-27(31)29(33)17-25-11-13-26(14-12-25)18-30-28-20-40(38-10-6-8-16-44-38)46-24-32(28)36-22-34(30)42(36,3)4/h5-16,19-20,23-24,29-30,33-36H,17-18,21-22H2,1-4H3/t29-,30?,33-,34-,35+,36+/m0/s1. The zero-order valence-corrected chi connectivity index (χ0v) is 27.3. The molecule has 6 aliphatic carbocycles. The van der Waals surface area contributed by atoms with E-state index in [0.29, 0.717) is 46.3 Å². The summed E-state index contributed by atoms with van der Waals surface area (Å²) in [6, 6.07) is 26.6. The fourth-order valence-electron chi connectivity index (χ4n) is 10.1. The Kier molecular flexibility index (Phi) is 6.20. The highest BCUT2D eigenvalue weighted by Gasteiger charge is 2.58. The second kappa shape index (κ2) is 10.2. The third-order valence-corrected chi connectivity index (χ3v) is 12.9. The van der Waals surface area contributed by atoms with Crippen LogP contribution in [-0.2, 0) is 12.8 Å². The zero-order valence-electron chi connectivity index (χ0n) is 27.3. The molecule has 0 radical (unpaired) electrons. The first-order valence-corrected chi connectivity index (χ1v) is 17.2. The van der Waals surface area contributed by atoms with Crippen LogP contribution in [0.2, 0.25) is 0 Å². The van der Waals surface area contributed by atoms with E-state index in [9.17, 15) is 0 Å². The average Bonchev–Trinajstić information content (AvgIpc) is 3.09. The summed E-state index contributed by atoms with van der Waals surface area (Å²) in [6.07, 6.45) is 12.8. The van der Waals surface area contributed by atoms with Crippen LogP contribution >= 0.6 is 0 Å². The fourth-order valence-corrected chi connectivity index (χ4v) is 10.1. The van der Waals surface area contributed by atoms with Gasteiger partial charge in [-0.1, -0.05) is 64.1 Å². The SMILES string of the molecule is CC1(C)[C@@H]2C[C@H]1C(Cc1ccc(C[C@H]3c4cc(-c5ccccn5)ncc4[C@H]4C[C@@H]3C4(C)C)cc1)c1cc(-c3ccccn3)ncc12. The Morgan fingerprint density at radius 2 is 0.957 bits per heavy atom. The highest BCUT2D eigenvalue weighted by Crippen LogP contribution is 2.68. The predicted molar refractivity (Wildman–Crippen MR) is 184 cm³/mol. The van der Waals surface area contributed by atoms with Gasteiger partial charge in [-0.25, -0.2) is 0 Å². The van der Waals surface area contributed by atoms with Gasteiger partial charge in [-0.15, -0.1) is 0 Å². The Hall–Kier alpha value is -4.18. The molecule has 4 bridgehead atoms. The highest BCUT2D eigenvalue weighted by atomic mass is 14.8. The van der Waals surface area contributed by atoms with E-state index in [2.05, 4.69) is 111 Å². The lowest BCUT2D eigenvalue weighted by Crippen LogP contribution is -2.51. The largest absolute Gasteiger partial charge is 0.255 e. The molecule has 2 saturated carbocycles. The number of aromatic nitrogens is 4. The minimum Gasteiger partial charge on any atom is -0.255 e. The molecular formula is C42H42N4. The van der Waals surface area contributed by atoms with Crippen LogP contribution in [0.15, 0.2) is 97.6 Å². The minimum atomic E-state index is 0.316. The van der Waals surface area contributed by atoms with Crippen molar-refractivity contribution in [3.05, 3.63) is 131 Å². The molecule has 4 heteroatoms. The van der Waals surface area contributed by atoms with Crippen LogP contribution in [0, 0.1) is 22.7 Å². The molecule has 46 heavy (non-hydrogen) atoms. The summed E-state index contributed by atoms with van der Waals surface area (Å²) < 4.78 is 0. The van der Waals surface area contributed by atoms with Crippen molar-refractivity contribution in [2.24, 2.45) is 22.7 Å². The molecule has 4 heterocycles. The third kappa shape index (κ3) is 4.18. The first kappa shape index (κ1) is 28.1. The van der Waals surface area contributed by atoms with Gasteiger partial charge in [0.05, 0.1) is 22.8 Å². The van der Waals surface area contributed by atoms with Gasteiger partial charge >= 0.3 is 0 Å². The van der Waals surface area contributed by atoms with Crippen LogP contribution in [-0.4, -0.2) is 19.9 Å². The highest BCUT2D eigenvalue weighted by molar-refractivity contribution is 5.59. The maximum absolute atomic E-state index is 4.90. The van der Waals surface area contributed by atoms with Crippen molar-refractivity contribution >= 4 is 0 Å². The van der Waals surface area contributed by atoms with Gasteiger partial charge in [0.15, 0.2) is 0 Å². The van der Waals surface area contributed by atoms with Crippen molar-refractivity contribution < 1.29 is 0 Å². The lowest BCUT2D eigenvalue weighted by molar-refractivity contribution is -0.00603. The van der Waals surface area contributed by atoms with Gasteiger partial charge in [0, 0.05) is 24.8 Å². The van der Waals surface area contributed by atoms with Crippen LogP contribution < -0.4 is 0 Å². The van der Waals surface area contributed by atoms with E-state index >= 15 is 0 Å². The number of hydrogen-bond acceptors (Lipinski definition) is 4. The summed E-state index contributed by atoms with van der Waals surface area (Å²) in [4.78, 5) is 19.0. The van der Waals surface area contributed by atoms with E-state index < -0.39 is 0 Å². The molecule has 0 spiro atoms. The lowest BCUT2D eigenvalue weighted by atomic mass is 9.43. The number of benzene rings is 1. The fraction of sp³-hybridized carbons (Fsp3) is 0.381. The average molecular weight is 603 g/mol. The molecule has 5 aromatic rings. The van der Waals surface area contributed by atoms with Crippen molar-refractivity contribution in [3.63, 3.8) is 0 Å². The Bertz CT molecular complexity index is 1790. The number of rotatable bonds is 6. The summed E-state index contributed by atoms with van der Waals surface area (Å²) >= 11 is 0. The zero-order chi connectivity index (χ0) is 31.2. The number of nitrogens with zero attached hydrogens (tertiary/aromatic N) is 4. The monoisotopic (exact) mass is 602 g/mol. The van der Waals surface area contributed by atoms with Gasteiger partial charge in [0.25, 0.3) is 0 Å². The maximum Gasteiger partial charge on any atom is 0.0889 e. The summed E-state index contributed by atoms with van der Waals surface area (Å²) in [6.45, 7) is 9.89. The molecule has 1 aromatic carbocycles. The van der Waals surface area contributed by atoms with Crippen LogP contribution in [0.25, 0.3) is 22.8 Å². The predicted octanol–water partition coefficient (Wildman–Crippen LogP) is 9.54. The van der Waals surface area contributed by atoms with Crippen molar-refractivity contribution in [2.45, 2.75) is 77.0 Å². The minimum absolute atomic E-state index is 0.316. The van der Waals surface area contributed by atoms with Crippen LogP contribution in [0.5, 0.6) is 0 Å². The van der Waals surface area contributed by atoms with Crippen molar-refractivity contribution in [1.29, 1.82) is 0 Å². The molecule has 11 rings (SSSR count). The second-order valence-electron chi connectivity index (χ2n) is 15.7. The van der Waals surface area contributed by atoms with E-state index in [1.807, 2.05) is 24.5 Å². The van der Waals surface area contributed by atoms with Gasteiger partial charge in [0.2, 0.25) is 0 Å². The second-order valence-corrected chi connectivity index (χ2v) is 15.7. The first-order chi connectivity index (χ1) is 22.3. The lowest BCUT2D eigenvalue weighted by Gasteiger charge is -2.60. The smallest absolute Gasteiger partial charge is 0.0889 e. The molecule has 2 fully saturated rings. The van der Waals surface area contributed by atoms with E-state index in [1.54, 1.807) is 0 Å². The molecule has 0 N–H and O–H groups in total. The molecule has 6 aliphatic rings. The molecule has 4 aromatic heterocycles. The summed E-state index contributed by atoms with van der Waals surface area (Å²) in [5.74, 6) is 3.61. The summed E-state index contributed by atoms with van der Waals surface area (Å²) in [7, 11) is 0. The van der Waals surface area contributed by atoms with Crippen LogP contribution in [0.3, 0.4) is 0 Å². The number of pyridine rings is 4. The van der Waals surface area contributed by atoms with Gasteiger partial charge in [-0.2, -0.15) is 0 Å². The Balaban J connectivity index is 1.00. The third-order valence-electron chi connectivity index (χ3n) is 12.9. The Morgan fingerprint density at radius 1 is 0.522 bits per heavy atom. The van der Waals surface area contributed by atoms with E-state index in [1.165, 1.54) is 46.2 Å². The van der Waals surface area contributed by atoms with Crippen LogP contribution in [0.4, 0.5) is 0 Å². The normalized spacial score (nSPS) is 27.5. The Morgan fingerprint density at radius 3 is 1.33 bits per heavy atom. The van der Waals surface area contributed by atoms with Crippen molar-refractivity contribution in [2.75, 3.05) is 0 Å². The first-order valence-electron chi connectivity index (χ1n) is 17.2. The molecule has 4 nitrogen and oxygen atoms in total. The van der Waals surface area contributed by atoms with Crippen molar-refractivity contribution in [1.82, 2.24) is 19.9 Å². The molecular weight excluding hydrogens is 560 g/mol. The van der Waals surface area contributed by atoms with Gasteiger partial charge in [-0.3, -0.25) is 19.9 Å². The summed E-state index contributed by atoms with van der Waals surface area (Å²) in [5, 5.41) is 0. The van der Waals surface area contributed by atoms with E-state index in [0.717, 1.165) is 35.6 Å². The summed E-state index contributed by atoms with van der Waals surface area (Å²) in [5.41, 5.74) is 13.3. The molecule has 6 atom stereocenters. The van der Waals surface area contributed by atoms with Crippen LogP contribution in [0.1, 0.15) is 97.6 Å². The van der Waals surface area contributed by atoms with E-state index in [-0.39, 0.29) is 0 Å². The van der Waals surface area contributed by atoms with Crippen molar-refractivity contribution in [3.8, 4) is 22.8 Å². The molecule has 230 valence electrons. The molecule has 0 aliphatic heterocycles. The molecule has 0 amide bonds. The van der Waals surface area contributed by atoms with Gasteiger partial charge in [0.1, 0.15) is 0 Å².